The van der Waals surface area contributed by atoms with Crippen LogP contribution in [0.4, 0.5) is 0 Å². The molecule has 0 aliphatic heterocycles. The molecule has 0 spiro atoms. The SMILES string of the molecule is C1CC1.COC(=O)CCc1ccccc1. The maximum absolute atomic E-state index is 10.8. The number of methoxy groups -OCH3 is 1. The van der Waals surface area contributed by atoms with Crippen molar-refractivity contribution in [2.24, 2.45) is 0 Å². The lowest BCUT2D eigenvalue weighted by molar-refractivity contribution is -0.140. The van der Waals surface area contributed by atoms with Gasteiger partial charge in [0, 0.05) is 6.42 Å². The van der Waals surface area contributed by atoms with Crippen molar-refractivity contribution >= 4 is 5.97 Å². The molecule has 1 saturated carbocycles. The largest absolute Gasteiger partial charge is 0.469 e. The molecule has 2 nitrogen and oxygen atoms in total. The predicted molar refractivity (Wildman–Crippen MR) is 60.6 cm³/mol. The molecule has 2 rings (SSSR count). The maximum atomic E-state index is 10.8. The highest BCUT2D eigenvalue weighted by molar-refractivity contribution is 5.69. The van der Waals surface area contributed by atoms with E-state index in [0.717, 1.165) is 6.42 Å². The average Bonchev–Trinajstić information content (AvgIpc) is 3.15. The van der Waals surface area contributed by atoms with Gasteiger partial charge in [-0.1, -0.05) is 49.6 Å². The van der Waals surface area contributed by atoms with Gasteiger partial charge in [0.1, 0.15) is 0 Å². The predicted octanol–water partition coefficient (Wildman–Crippen LogP) is 2.96. The fourth-order valence-electron chi connectivity index (χ4n) is 0.993. The Kier molecular flexibility index (Phi) is 5.52. The first-order valence-corrected chi connectivity index (χ1v) is 5.43. The Morgan fingerprint density at radius 1 is 1.20 bits per heavy atom. The van der Waals surface area contributed by atoms with Gasteiger partial charge in [0.15, 0.2) is 0 Å². The van der Waals surface area contributed by atoms with Crippen LogP contribution < -0.4 is 0 Å². The molecule has 0 unspecified atom stereocenters. The molecule has 1 aromatic rings. The molecule has 0 aromatic heterocycles. The van der Waals surface area contributed by atoms with E-state index in [0.29, 0.717) is 6.42 Å². The molecule has 0 N–H and O–H groups in total. The van der Waals surface area contributed by atoms with Crippen LogP contribution in [0.3, 0.4) is 0 Å². The van der Waals surface area contributed by atoms with Gasteiger partial charge in [0.25, 0.3) is 0 Å². The van der Waals surface area contributed by atoms with Crippen molar-refractivity contribution in [1.82, 2.24) is 0 Å². The minimum Gasteiger partial charge on any atom is -0.469 e. The summed E-state index contributed by atoms with van der Waals surface area (Å²) < 4.78 is 4.53. The van der Waals surface area contributed by atoms with Crippen molar-refractivity contribution in [3.8, 4) is 0 Å². The van der Waals surface area contributed by atoms with Crippen LogP contribution in [0.5, 0.6) is 0 Å². The zero-order valence-corrected chi connectivity index (χ0v) is 9.24. The molecular weight excluding hydrogens is 188 g/mol. The summed E-state index contributed by atoms with van der Waals surface area (Å²) in [6.07, 6.45) is 5.72. The van der Waals surface area contributed by atoms with E-state index in [2.05, 4.69) is 4.74 Å². The van der Waals surface area contributed by atoms with E-state index >= 15 is 0 Å². The van der Waals surface area contributed by atoms with Gasteiger partial charge >= 0.3 is 5.97 Å². The molecular formula is C13H18O2. The zero-order chi connectivity index (χ0) is 10.9. The lowest BCUT2D eigenvalue weighted by Crippen LogP contribution is -2.01. The number of ether oxygens (including phenoxy) is 1. The summed E-state index contributed by atoms with van der Waals surface area (Å²) in [5.41, 5.74) is 1.17. The van der Waals surface area contributed by atoms with Gasteiger partial charge in [-0.15, -0.1) is 0 Å². The minimum atomic E-state index is -0.154. The molecule has 1 aliphatic rings. The Morgan fingerprint density at radius 2 is 1.80 bits per heavy atom. The van der Waals surface area contributed by atoms with E-state index in [1.807, 2.05) is 30.3 Å². The van der Waals surface area contributed by atoms with Gasteiger partial charge in [0.2, 0.25) is 0 Å². The minimum absolute atomic E-state index is 0.154. The zero-order valence-electron chi connectivity index (χ0n) is 9.24. The van der Waals surface area contributed by atoms with Crippen LogP contribution in [0.1, 0.15) is 31.2 Å². The van der Waals surface area contributed by atoms with Crippen molar-refractivity contribution in [1.29, 1.82) is 0 Å². The quantitative estimate of drug-likeness (QED) is 0.711. The smallest absolute Gasteiger partial charge is 0.305 e. The molecule has 1 fully saturated rings. The fourth-order valence-corrected chi connectivity index (χ4v) is 0.993. The molecule has 0 atom stereocenters. The summed E-state index contributed by atoms with van der Waals surface area (Å²) in [5, 5.41) is 0. The molecule has 82 valence electrons. The van der Waals surface area contributed by atoms with Crippen LogP contribution in [0.15, 0.2) is 30.3 Å². The van der Waals surface area contributed by atoms with E-state index in [-0.39, 0.29) is 5.97 Å². The Labute approximate surface area is 91.3 Å². The first-order valence-electron chi connectivity index (χ1n) is 5.43. The number of hydrogen-bond acceptors (Lipinski definition) is 2. The summed E-state index contributed by atoms with van der Waals surface area (Å²) >= 11 is 0. The summed E-state index contributed by atoms with van der Waals surface area (Å²) in [6.45, 7) is 0. The van der Waals surface area contributed by atoms with Crippen LogP contribution in [0.25, 0.3) is 0 Å². The molecule has 0 amide bonds. The van der Waals surface area contributed by atoms with E-state index in [4.69, 9.17) is 0 Å². The first-order chi connectivity index (χ1) is 7.33. The first kappa shape index (κ1) is 11.8. The second-order valence-corrected chi connectivity index (χ2v) is 3.62. The van der Waals surface area contributed by atoms with Crippen molar-refractivity contribution in [3.05, 3.63) is 35.9 Å². The monoisotopic (exact) mass is 206 g/mol. The highest BCUT2D eigenvalue weighted by Gasteiger charge is 1.99. The third-order valence-electron chi connectivity index (χ3n) is 2.04. The van der Waals surface area contributed by atoms with Crippen molar-refractivity contribution in [2.45, 2.75) is 32.1 Å². The molecule has 0 bridgehead atoms. The maximum Gasteiger partial charge on any atom is 0.305 e. The second kappa shape index (κ2) is 7.04. The Morgan fingerprint density at radius 3 is 2.27 bits per heavy atom. The third-order valence-corrected chi connectivity index (χ3v) is 2.04. The van der Waals surface area contributed by atoms with E-state index in [9.17, 15) is 4.79 Å². The van der Waals surface area contributed by atoms with Crippen molar-refractivity contribution in [3.63, 3.8) is 0 Å². The van der Waals surface area contributed by atoms with Crippen molar-refractivity contribution in [2.75, 3.05) is 7.11 Å². The van der Waals surface area contributed by atoms with Crippen molar-refractivity contribution < 1.29 is 9.53 Å². The molecule has 15 heavy (non-hydrogen) atoms. The molecule has 2 heteroatoms. The van der Waals surface area contributed by atoms with Gasteiger partial charge in [-0.2, -0.15) is 0 Å². The number of carbonyl (C=O) groups is 1. The van der Waals surface area contributed by atoms with Gasteiger partial charge in [-0.25, -0.2) is 0 Å². The van der Waals surface area contributed by atoms with E-state index < -0.39 is 0 Å². The molecule has 1 aromatic carbocycles. The standard InChI is InChI=1S/C10H12O2.C3H6/c1-12-10(11)8-7-9-5-3-2-4-6-9;1-2-3-1/h2-6H,7-8H2,1H3;1-3H2. The topological polar surface area (TPSA) is 26.3 Å². The Hall–Kier alpha value is -1.31. The molecule has 0 radical (unpaired) electrons. The summed E-state index contributed by atoms with van der Waals surface area (Å²) in [6, 6.07) is 9.90. The van der Waals surface area contributed by atoms with Crippen LogP contribution >= 0.6 is 0 Å². The van der Waals surface area contributed by atoms with Gasteiger partial charge in [0.05, 0.1) is 7.11 Å². The molecule has 0 heterocycles. The van der Waals surface area contributed by atoms with Crippen LogP contribution in [-0.2, 0) is 16.0 Å². The fraction of sp³-hybridized carbons (Fsp3) is 0.462. The third kappa shape index (κ3) is 6.72. The molecule has 1 aliphatic carbocycles. The number of benzene rings is 1. The number of rotatable bonds is 3. The van der Waals surface area contributed by atoms with Crippen LogP contribution in [0.2, 0.25) is 0 Å². The van der Waals surface area contributed by atoms with Crippen LogP contribution in [-0.4, -0.2) is 13.1 Å². The number of esters is 1. The Bertz CT molecular complexity index is 275. The normalized spacial score (nSPS) is 12.3. The highest BCUT2D eigenvalue weighted by atomic mass is 16.5. The second-order valence-electron chi connectivity index (χ2n) is 3.62. The van der Waals surface area contributed by atoms with Gasteiger partial charge in [-0.3, -0.25) is 4.79 Å². The lowest BCUT2D eigenvalue weighted by atomic mass is 10.1. The van der Waals surface area contributed by atoms with Gasteiger partial charge < -0.3 is 4.74 Å². The number of hydrogen-bond donors (Lipinski definition) is 0. The summed E-state index contributed by atoms with van der Waals surface area (Å²) in [7, 11) is 1.41. The molecule has 0 saturated heterocycles. The Balaban J connectivity index is 0.000000319. The summed E-state index contributed by atoms with van der Waals surface area (Å²) in [5.74, 6) is -0.154. The highest BCUT2D eigenvalue weighted by Crippen LogP contribution is 2.14. The van der Waals surface area contributed by atoms with Gasteiger partial charge in [-0.05, 0) is 12.0 Å². The lowest BCUT2D eigenvalue weighted by Gasteiger charge is -1.98. The van der Waals surface area contributed by atoms with E-state index in [1.54, 1.807) is 0 Å². The van der Waals surface area contributed by atoms with Crippen LogP contribution in [0, 0.1) is 0 Å². The summed E-state index contributed by atoms with van der Waals surface area (Å²) in [4.78, 5) is 10.8. The average molecular weight is 206 g/mol. The number of aryl methyl sites for hydroxylation is 1. The number of carbonyl (C=O) groups excluding carboxylic acids is 1. The van der Waals surface area contributed by atoms with E-state index in [1.165, 1.54) is 31.9 Å².